The molecule has 0 unspecified atom stereocenters. The molecule has 0 spiro atoms. The van der Waals surface area contributed by atoms with Crippen LogP contribution in [0.2, 0.25) is 0 Å². The summed E-state index contributed by atoms with van der Waals surface area (Å²) in [5, 5.41) is 34.2. The van der Waals surface area contributed by atoms with Gasteiger partial charge in [-0.2, -0.15) is 0 Å². The number of nitro groups is 2. The van der Waals surface area contributed by atoms with Crippen LogP contribution in [0.3, 0.4) is 0 Å². The molecular weight excluding hydrogens is 1310 g/mol. The van der Waals surface area contributed by atoms with Gasteiger partial charge in [-0.25, -0.2) is 36.2 Å². The smallest absolute Gasteiger partial charge is 1.00 e. The second kappa shape index (κ2) is 29.7. The number of benzene rings is 4. The average Bonchev–Trinajstić information content (AvgIpc) is 4.12. The number of carbonyl (C=O) groups is 3. The van der Waals surface area contributed by atoms with Crippen molar-refractivity contribution in [2.75, 3.05) is 22.6 Å². The SMILES string of the molecule is CC(C)(C)NS(=O)(=O)c1cc(N2CCCC2=O)ccc1-c1cnc(-c2ccc([N+](=O)[O-])cc2)s1.CC(C)(C)NS(=O)(=O)c1cc(NC(=O)CCCCl)ccc1-c1cnc(-c2ccc([N+](=O)[O-])cc2)s1.O=CO[O-].[Cs+].[Cs+].[H-]. The van der Waals surface area contributed by atoms with Crippen LogP contribution < -0.4 is 163 Å². The average molecular weight is 1370 g/mol. The van der Waals surface area contributed by atoms with Gasteiger partial charge in [-0.1, -0.05) is 12.1 Å². The van der Waals surface area contributed by atoms with Crippen molar-refractivity contribution in [3.05, 3.63) is 118 Å². The van der Waals surface area contributed by atoms with E-state index >= 15 is 0 Å². The van der Waals surface area contributed by atoms with Gasteiger partial charge in [0.1, 0.15) is 10.0 Å². The van der Waals surface area contributed by atoms with Gasteiger partial charge in [0.15, 0.2) is 0 Å². The molecule has 4 aromatic carbocycles. The quantitative estimate of drug-likeness (QED) is 0.0413. The Kier molecular flexibility index (Phi) is 26.4. The number of nitro benzene ring substituents is 2. The van der Waals surface area contributed by atoms with Crippen molar-refractivity contribution in [2.24, 2.45) is 0 Å². The third-order valence-electron chi connectivity index (χ3n) is 9.84. The van der Waals surface area contributed by atoms with Gasteiger partial charge in [0.25, 0.3) is 17.8 Å². The molecule has 7 rings (SSSR count). The molecule has 28 heteroatoms. The Hall–Kier alpha value is -2.48. The van der Waals surface area contributed by atoms with E-state index in [0.717, 1.165) is 6.42 Å². The standard InChI is InChI=1S/C23H25ClN4O5S2.C23H24N4O5S2.CH2O3.2Cs.H/c1-23(2,3)27-35(32,33)20-13-16(26-21(29)5-4-12-24)8-11-18(20)19-14-25-22(34-19)15-6-9-17(10-7-15)28(30)31;1-23(2,3)25-34(31,32)20-13-17(26-12-4-5-21(26)28)10-11-18(20)19-14-24-22(33-19)15-6-8-16(9-7-15)27(29)30;2-1-4-3;;;/h6-11,13-14,27H,4-5,12H2,1-3H3,(H,26,29);6-11,13-14,25H,4-5,12H2,1-3H3;1,3H;;;/q;;;2*+1;-1/p-1. The molecule has 75 heavy (non-hydrogen) atoms. The maximum absolute atomic E-state index is 13.4. The van der Waals surface area contributed by atoms with Crippen LogP contribution >= 0.6 is 34.3 Å². The zero-order valence-electron chi connectivity index (χ0n) is 43.1. The molecule has 2 amide bonds. The van der Waals surface area contributed by atoms with Crippen LogP contribution in [-0.2, 0) is 39.3 Å². The number of halogens is 1. The first-order valence-corrected chi connectivity index (χ1v) is 27.1. The van der Waals surface area contributed by atoms with Gasteiger partial charge < -0.3 is 21.8 Å². The largest absolute Gasteiger partial charge is 1.00 e. The Morgan fingerprint density at radius 3 is 1.60 bits per heavy atom. The number of nitrogens with one attached hydrogen (secondary N) is 3. The number of carbonyl (C=O) groups excluding carboxylic acids is 3. The number of hydrogen-bond acceptors (Lipinski definition) is 17. The molecule has 1 aliphatic rings. The van der Waals surface area contributed by atoms with Gasteiger partial charge >= 0.3 is 138 Å². The number of aromatic nitrogens is 2. The van der Waals surface area contributed by atoms with Crippen LogP contribution in [0.1, 0.15) is 68.7 Å². The number of hydrogen-bond donors (Lipinski definition) is 3. The van der Waals surface area contributed by atoms with E-state index in [9.17, 15) is 46.7 Å². The summed E-state index contributed by atoms with van der Waals surface area (Å²) < 4.78 is 58.7. The summed E-state index contributed by atoms with van der Waals surface area (Å²) in [4.78, 5) is 68.2. The molecule has 390 valence electrons. The molecule has 3 N–H and O–H groups in total. The summed E-state index contributed by atoms with van der Waals surface area (Å²) in [6.07, 6.45) is 5.06. The molecule has 0 radical (unpaired) electrons. The predicted molar refractivity (Wildman–Crippen MR) is 278 cm³/mol. The summed E-state index contributed by atoms with van der Waals surface area (Å²) in [5.74, 6) is 0.0612. The molecule has 1 aliphatic heterocycles. The van der Waals surface area contributed by atoms with E-state index < -0.39 is 41.0 Å². The minimum absolute atomic E-state index is 0. The summed E-state index contributed by atoms with van der Waals surface area (Å²) in [7, 11) is -7.88. The van der Waals surface area contributed by atoms with Crippen LogP contribution in [-0.4, -0.2) is 78.4 Å². The normalized spacial score (nSPS) is 12.4. The summed E-state index contributed by atoms with van der Waals surface area (Å²) in [5.41, 5.74) is 1.67. The fraction of sp³-hybridized carbons (Fsp3) is 0.298. The van der Waals surface area contributed by atoms with Crippen molar-refractivity contribution in [2.45, 2.75) is 88.1 Å². The van der Waals surface area contributed by atoms with E-state index in [4.69, 9.17) is 21.7 Å². The number of sulfonamides is 2. The van der Waals surface area contributed by atoms with Crippen LogP contribution in [0.15, 0.2) is 107 Å². The van der Waals surface area contributed by atoms with E-state index in [1.807, 2.05) is 0 Å². The van der Waals surface area contributed by atoms with Gasteiger partial charge in [0.2, 0.25) is 31.9 Å². The van der Waals surface area contributed by atoms with Crippen LogP contribution in [0.5, 0.6) is 0 Å². The minimum atomic E-state index is -3.96. The second-order valence-corrected chi connectivity index (χ2v) is 23.7. The monoisotopic (exact) mass is 1360 g/mol. The molecule has 0 saturated carbocycles. The van der Waals surface area contributed by atoms with Gasteiger partial charge in [0.05, 0.1) is 29.4 Å². The number of thiazole rings is 2. The maximum Gasteiger partial charge on any atom is 1.00 e. The molecule has 1 saturated heterocycles. The Balaban J connectivity index is 0.000000468. The van der Waals surface area contributed by atoms with Crippen molar-refractivity contribution in [1.82, 2.24) is 19.4 Å². The van der Waals surface area contributed by atoms with Crippen LogP contribution in [0, 0.1) is 20.2 Å². The van der Waals surface area contributed by atoms with E-state index in [-0.39, 0.29) is 185 Å². The molecule has 0 bridgehead atoms. The first-order valence-electron chi connectivity index (χ1n) is 21.9. The Bertz CT molecular complexity index is 3210. The Morgan fingerprint density at radius 1 is 0.773 bits per heavy atom. The van der Waals surface area contributed by atoms with Gasteiger partial charge in [-0.15, -0.1) is 34.3 Å². The minimum Gasteiger partial charge on any atom is -1.00 e. The van der Waals surface area contributed by atoms with E-state index in [2.05, 4.69) is 29.6 Å². The van der Waals surface area contributed by atoms with E-state index in [0.29, 0.717) is 78.7 Å². The van der Waals surface area contributed by atoms with Crippen LogP contribution in [0.4, 0.5) is 22.7 Å². The fourth-order valence-corrected chi connectivity index (χ4v) is 12.4. The zero-order chi connectivity index (χ0) is 53.9. The Labute approximate surface area is 566 Å². The predicted octanol–water partition coefficient (Wildman–Crippen LogP) is 2.56. The topological polar surface area (TPSA) is 303 Å². The van der Waals surface area contributed by atoms with Crippen molar-refractivity contribution >= 4 is 95.4 Å². The van der Waals surface area contributed by atoms with E-state index in [1.165, 1.54) is 59.1 Å². The first kappa shape index (κ1) is 66.8. The number of anilines is 2. The third kappa shape index (κ3) is 19.7. The molecule has 1 fully saturated rings. The molecule has 3 heterocycles. The fourth-order valence-electron chi connectivity index (χ4n) is 6.93. The van der Waals surface area contributed by atoms with Gasteiger partial charge in [-0.3, -0.25) is 34.6 Å². The molecule has 0 aliphatic carbocycles. The van der Waals surface area contributed by atoms with Crippen molar-refractivity contribution < 1.29 is 190 Å². The maximum atomic E-state index is 13.4. The number of amides is 2. The van der Waals surface area contributed by atoms with E-state index in [1.54, 1.807) is 107 Å². The zero-order valence-corrected chi connectivity index (χ0v) is 58.7. The van der Waals surface area contributed by atoms with Crippen LogP contribution in [0.25, 0.3) is 42.0 Å². The molecule has 2 aromatic heterocycles. The number of non-ortho nitro benzene ring substituents is 2. The summed E-state index contributed by atoms with van der Waals surface area (Å²) >= 11 is 8.19. The van der Waals surface area contributed by atoms with Crippen molar-refractivity contribution in [1.29, 1.82) is 0 Å². The Morgan fingerprint density at radius 2 is 1.21 bits per heavy atom. The van der Waals surface area contributed by atoms with Crippen molar-refractivity contribution in [3.63, 3.8) is 0 Å². The van der Waals surface area contributed by atoms with Crippen molar-refractivity contribution in [3.8, 4) is 42.0 Å². The number of alkyl halides is 1. The summed E-state index contributed by atoms with van der Waals surface area (Å²) in [6, 6.07) is 21.7. The summed E-state index contributed by atoms with van der Waals surface area (Å²) in [6.45, 7) is 10.9. The number of rotatable bonds is 16. The molecule has 21 nitrogen and oxygen atoms in total. The van der Waals surface area contributed by atoms with Gasteiger partial charge in [0, 0.05) is 107 Å². The molecule has 6 aromatic rings. The first-order chi connectivity index (χ1) is 34.2. The molecular formula is C47H51ClCs2N8O13S4. The number of nitrogens with zero attached hydrogens (tertiary/aromatic N) is 5. The van der Waals surface area contributed by atoms with Gasteiger partial charge in [-0.05, 0) is 103 Å². The third-order valence-corrected chi connectivity index (χ3v) is 15.9. The molecule has 0 atom stereocenters. The second-order valence-electron chi connectivity index (χ2n) is 18.0.